The second kappa shape index (κ2) is 4.14. The molecule has 0 bridgehead atoms. The molecule has 2 heterocycles. The molecule has 0 aliphatic rings. The molecule has 0 amide bonds. The fourth-order valence-electron chi connectivity index (χ4n) is 1.27. The van der Waals surface area contributed by atoms with E-state index in [1.165, 1.54) is 0 Å². The lowest BCUT2D eigenvalue weighted by atomic mass is 10.2. The zero-order valence-corrected chi connectivity index (χ0v) is 10.7. The highest BCUT2D eigenvalue weighted by Crippen LogP contribution is 2.33. The van der Waals surface area contributed by atoms with Gasteiger partial charge < -0.3 is 5.11 Å². The van der Waals surface area contributed by atoms with E-state index >= 15 is 0 Å². The van der Waals surface area contributed by atoms with Crippen LogP contribution in [0.15, 0.2) is 27.4 Å². The maximum atomic E-state index is 10.1. The number of aliphatic hydroxyl groups excluding tert-OH is 1. The highest BCUT2D eigenvalue weighted by atomic mass is 79.9. The van der Waals surface area contributed by atoms with E-state index in [0.717, 1.165) is 19.8 Å². The van der Waals surface area contributed by atoms with Gasteiger partial charge in [-0.1, -0.05) is 0 Å². The monoisotopic (exact) mass is 288 g/mol. The summed E-state index contributed by atoms with van der Waals surface area (Å²) in [4.78, 5) is 2.03. The minimum atomic E-state index is -0.466. The molecule has 14 heavy (non-hydrogen) atoms. The molecule has 74 valence electrons. The first-order chi connectivity index (χ1) is 6.68. The van der Waals surface area contributed by atoms with Crippen molar-refractivity contribution in [3.63, 3.8) is 0 Å². The number of aryl methyl sites for hydroxylation is 1. The van der Waals surface area contributed by atoms with E-state index < -0.39 is 6.10 Å². The van der Waals surface area contributed by atoms with E-state index in [0.29, 0.717) is 0 Å². The van der Waals surface area contributed by atoms with Crippen molar-refractivity contribution in [3.05, 3.63) is 42.7 Å². The van der Waals surface area contributed by atoms with Crippen LogP contribution in [0.25, 0.3) is 0 Å². The van der Waals surface area contributed by atoms with Crippen molar-refractivity contribution >= 4 is 38.6 Å². The maximum Gasteiger partial charge on any atom is 0.123 e. The van der Waals surface area contributed by atoms with E-state index in [1.54, 1.807) is 22.7 Å². The smallest absolute Gasteiger partial charge is 0.123 e. The Morgan fingerprint density at radius 2 is 2.21 bits per heavy atom. The van der Waals surface area contributed by atoms with Gasteiger partial charge in [0, 0.05) is 19.6 Å². The van der Waals surface area contributed by atoms with Gasteiger partial charge >= 0.3 is 0 Å². The third kappa shape index (κ3) is 1.93. The molecule has 1 atom stereocenters. The average molecular weight is 289 g/mol. The van der Waals surface area contributed by atoms with Crippen LogP contribution in [-0.2, 0) is 0 Å². The molecular formula is C10H9BrOS2. The number of rotatable bonds is 2. The highest BCUT2D eigenvalue weighted by molar-refractivity contribution is 9.10. The highest BCUT2D eigenvalue weighted by Gasteiger charge is 2.15. The van der Waals surface area contributed by atoms with Crippen LogP contribution < -0.4 is 0 Å². The fraction of sp³-hybridized carbons (Fsp3) is 0.200. The molecule has 0 aliphatic carbocycles. The number of halogens is 1. The van der Waals surface area contributed by atoms with Crippen molar-refractivity contribution in [3.8, 4) is 0 Å². The minimum absolute atomic E-state index is 0.466. The van der Waals surface area contributed by atoms with Crippen LogP contribution in [0.5, 0.6) is 0 Å². The third-order valence-corrected chi connectivity index (χ3v) is 4.82. The van der Waals surface area contributed by atoms with Crippen LogP contribution in [0, 0.1) is 6.92 Å². The van der Waals surface area contributed by atoms with Gasteiger partial charge in [-0.15, -0.1) is 22.7 Å². The van der Waals surface area contributed by atoms with Crippen LogP contribution in [-0.4, -0.2) is 5.11 Å². The predicted molar refractivity (Wildman–Crippen MR) is 65.1 cm³/mol. The molecule has 0 fully saturated rings. The SMILES string of the molecule is Cc1ccsc1C(O)c1cc(Br)cs1. The Morgan fingerprint density at radius 1 is 1.43 bits per heavy atom. The molecule has 0 aliphatic heterocycles. The Morgan fingerprint density at radius 3 is 2.71 bits per heavy atom. The van der Waals surface area contributed by atoms with Crippen LogP contribution in [0.4, 0.5) is 0 Å². The van der Waals surface area contributed by atoms with Gasteiger partial charge in [-0.3, -0.25) is 0 Å². The van der Waals surface area contributed by atoms with Gasteiger partial charge in [0.05, 0.1) is 0 Å². The van der Waals surface area contributed by atoms with Crippen LogP contribution in [0.1, 0.15) is 21.4 Å². The van der Waals surface area contributed by atoms with E-state index in [4.69, 9.17) is 0 Å². The van der Waals surface area contributed by atoms with Crippen LogP contribution >= 0.6 is 38.6 Å². The Kier molecular flexibility index (Phi) is 3.07. The summed E-state index contributed by atoms with van der Waals surface area (Å²) in [7, 11) is 0. The molecule has 0 radical (unpaired) electrons. The van der Waals surface area contributed by atoms with Gasteiger partial charge in [0.2, 0.25) is 0 Å². The quantitative estimate of drug-likeness (QED) is 0.887. The molecule has 0 aromatic carbocycles. The first-order valence-electron chi connectivity index (χ1n) is 4.14. The van der Waals surface area contributed by atoms with Crippen molar-refractivity contribution in [2.45, 2.75) is 13.0 Å². The Labute approximate surface area is 99.2 Å². The van der Waals surface area contributed by atoms with Crippen molar-refractivity contribution in [2.75, 3.05) is 0 Å². The number of thiophene rings is 2. The molecule has 0 spiro atoms. The summed E-state index contributed by atoms with van der Waals surface area (Å²) in [6.45, 7) is 2.03. The summed E-state index contributed by atoms with van der Waals surface area (Å²) < 4.78 is 1.03. The first-order valence-corrected chi connectivity index (χ1v) is 6.69. The molecule has 2 aromatic rings. The Bertz CT molecular complexity index is 433. The summed E-state index contributed by atoms with van der Waals surface area (Å²) in [5, 5.41) is 14.1. The summed E-state index contributed by atoms with van der Waals surface area (Å²) in [5.74, 6) is 0. The van der Waals surface area contributed by atoms with E-state index in [-0.39, 0.29) is 0 Å². The maximum absolute atomic E-state index is 10.1. The first kappa shape index (κ1) is 10.4. The Balaban J connectivity index is 2.33. The second-order valence-corrected chi connectivity index (χ2v) is 5.84. The topological polar surface area (TPSA) is 20.2 Å². The van der Waals surface area contributed by atoms with Crippen molar-refractivity contribution in [1.82, 2.24) is 0 Å². The molecule has 1 nitrogen and oxygen atoms in total. The van der Waals surface area contributed by atoms with Crippen molar-refractivity contribution in [2.24, 2.45) is 0 Å². The lowest BCUT2D eigenvalue weighted by molar-refractivity contribution is 0.227. The number of aliphatic hydroxyl groups is 1. The lowest BCUT2D eigenvalue weighted by Gasteiger charge is -2.06. The zero-order valence-electron chi connectivity index (χ0n) is 7.53. The van der Waals surface area contributed by atoms with Gasteiger partial charge in [-0.25, -0.2) is 0 Å². The van der Waals surface area contributed by atoms with Crippen LogP contribution in [0.2, 0.25) is 0 Å². The minimum Gasteiger partial charge on any atom is -0.382 e. The Hall–Kier alpha value is -0.160. The van der Waals surface area contributed by atoms with Gasteiger partial charge in [0.1, 0.15) is 6.10 Å². The fourth-order valence-corrected chi connectivity index (χ4v) is 3.71. The van der Waals surface area contributed by atoms with Crippen LogP contribution in [0.3, 0.4) is 0 Å². The normalized spacial score (nSPS) is 13.1. The van der Waals surface area contributed by atoms with E-state index in [1.807, 2.05) is 29.8 Å². The lowest BCUT2D eigenvalue weighted by Crippen LogP contribution is -1.95. The molecule has 2 aromatic heterocycles. The van der Waals surface area contributed by atoms with Gasteiger partial charge in [-0.2, -0.15) is 0 Å². The number of hydrogen-bond acceptors (Lipinski definition) is 3. The average Bonchev–Trinajstić information content (AvgIpc) is 2.73. The van der Waals surface area contributed by atoms with Crippen molar-refractivity contribution in [1.29, 1.82) is 0 Å². The van der Waals surface area contributed by atoms with Crippen molar-refractivity contribution < 1.29 is 5.11 Å². The number of hydrogen-bond donors (Lipinski definition) is 1. The molecule has 0 saturated carbocycles. The van der Waals surface area contributed by atoms with E-state index in [2.05, 4.69) is 15.9 Å². The summed E-state index contributed by atoms with van der Waals surface area (Å²) in [6, 6.07) is 4.00. The molecule has 4 heteroatoms. The predicted octanol–water partition coefficient (Wildman–Crippen LogP) is 3.96. The molecule has 2 rings (SSSR count). The summed E-state index contributed by atoms with van der Waals surface area (Å²) >= 11 is 6.56. The standard InChI is InChI=1S/C10H9BrOS2/c1-6-2-3-13-10(6)9(12)8-4-7(11)5-14-8/h2-5,9,12H,1H3. The van der Waals surface area contributed by atoms with Gasteiger partial charge in [-0.05, 0) is 45.9 Å². The van der Waals surface area contributed by atoms with Gasteiger partial charge in [0.15, 0.2) is 0 Å². The molecule has 1 N–H and O–H groups in total. The second-order valence-electron chi connectivity index (χ2n) is 3.04. The van der Waals surface area contributed by atoms with E-state index in [9.17, 15) is 5.11 Å². The summed E-state index contributed by atoms with van der Waals surface area (Å²) in [5.41, 5.74) is 1.16. The van der Waals surface area contributed by atoms with Gasteiger partial charge in [0.25, 0.3) is 0 Å². The largest absolute Gasteiger partial charge is 0.382 e. The molecule has 1 unspecified atom stereocenters. The summed E-state index contributed by atoms with van der Waals surface area (Å²) in [6.07, 6.45) is -0.466. The molecular weight excluding hydrogens is 280 g/mol. The third-order valence-electron chi connectivity index (χ3n) is 2.01. The zero-order chi connectivity index (χ0) is 10.1. The molecule has 0 saturated heterocycles.